The molecule has 1 fully saturated rings. The van der Waals surface area contributed by atoms with E-state index in [-0.39, 0.29) is 5.25 Å². The molecule has 0 N–H and O–H groups in total. The first-order valence-electron chi connectivity index (χ1n) is 10.7. The van der Waals surface area contributed by atoms with E-state index < -0.39 is 9.84 Å². The lowest BCUT2D eigenvalue weighted by Crippen LogP contribution is -2.38. The largest absolute Gasteiger partial charge is 0.299 e. The number of likely N-dealkylation sites (tertiary alicyclic amines) is 1. The van der Waals surface area contributed by atoms with Gasteiger partial charge in [0.25, 0.3) is 0 Å². The molecule has 0 amide bonds. The number of rotatable bonds is 5. The topological polar surface area (TPSA) is 37.4 Å². The Morgan fingerprint density at radius 2 is 1.58 bits per heavy atom. The molecule has 0 spiro atoms. The molecule has 3 nitrogen and oxygen atoms in total. The zero-order chi connectivity index (χ0) is 21.3. The lowest BCUT2D eigenvalue weighted by molar-refractivity contribution is 0.222. The molecular formula is C26H25NO2S2. The number of piperidine rings is 1. The molecule has 0 aliphatic carbocycles. The van der Waals surface area contributed by atoms with Gasteiger partial charge in [-0.05, 0) is 77.5 Å². The third-order valence-electron chi connectivity index (χ3n) is 6.18. The summed E-state index contributed by atoms with van der Waals surface area (Å²) in [5, 5.41) is 4.24. The monoisotopic (exact) mass is 447 g/mol. The van der Waals surface area contributed by atoms with Gasteiger partial charge < -0.3 is 0 Å². The summed E-state index contributed by atoms with van der Waals surface area (Å²) in [5.41, 5.74) is 2.35. The second-order valence-electron chi connectivity index (χ2n) is 8.20. The Morgan fingerprint density at radius 1 is 0.839 bits per heavy atom. The highest BCUT2D eigenvalue weighted by Crippen LogP contribution is 2.29. The average molecular weight is 448 g/mol. The Balaban J connectivity index is 1.23. The molecule has 5 rings (SSSR count). The van der Waals surface area contributed by atoms with E-state index in [0.29, 0.717) is 17.7 Å². The Kier molecular flexibility index (Phi) is 5.65. The molecule has 3 aromatic carbocycles. The van der Waals surface area contributed by atoms with Crippen molar-refractivity contribution in [3.8, 4) is 10.4 Å². The van der Waals surface area contributed by atoms with Crippen molar-refractivity contribution in [2.75, 3.05) is 13.1 Å². The van der Waals surface area contributed by atoms with Gasteiger partial charge in [0.15, 0.2) is 9.84 Å². The van der Waals surface area contributed by atoms with Crippen LogP contribution in [0.25, 0.3) is 21.2 Å². The number of hydrogen-bond acceptors (Lipinski definition) is 4. The molecule has 0 atom stereocenters. The second kappa shape index (κ2) is 8.58. The third kappa shape index (κ3) is 4.31. The smallest absolute Gasteiger partial charge is 0.181 e. The fourth-order valence-electron chi connectivity index (χ4n) is 4.42. The Hall–Kier alpha value is -2.47. The van der Waals surface area contributed by atoms with Gasteiger partial charge in [-0.15, -0.1) is 11.3 Å². The van der Waals surface area contributed by atoms with Crippen LogP contribution in [0.15, 0.2) is 89.1 Å². The SMILES string of the molecule is O=S(=O)(c1ccc(-c2cccs2)cc1)C1CCN(Cc2ccc3ccccc3c2)CC1. The molecule has 0 unspecified atom stereocenters. The number of nitrogens with zero attached hydrogens (tertiary/aromatic N) is 1. The Bertz CT molecular complexity index is 1270. The normalized spacial score (nSPS) is 16.0. The highest BCUT2D eigenvalue weighted by molar-refractivity contribution is 7.92. The van der Waals surface area contributed by atoms with Crippen molar-refractivity contribution in [1.82, 2.24) is 4.90 Å². The summed E-state index contributed by atoms with van der Waals surface area (Å²) in [6.07, 6.45) is 1.37. The van der Waals surface area contributed by atoms with Gasteiger partial charge in [0.1, 0.15) is 0 Å². The summed E-state index contributed by atoms with van der Waals surface area (Å²) in [6, 6.07) is 26.4. The number of sulfone groups is 1. The standard InChI is InChI=1S/C26H25NO2S2/c28-31(29,24-11-9-22(10-12-24)26-6-3-17-30-26)25-13-15-27(16-14-25)19-20-7-8-21-4-1-2-5-23(21)18-20/h1-12,17-18,25H,13-16,19H2. The van der Waals surface area contributed by atoms with Gasteiger partial charge in [-0.2, -0.15) is 0 Å². The summed E-state index contributed by atoms with van der Waals surface area (Å²) < 4.78 is 26.4. The van der Waals surface area contributed by atoms with E-state index in [4.69, 9.17) is 0 Å². The highest BCUT2D eigenvalue weighted by Gasteiger charge is 2.31. The molecule has 1 aromatic heterocycles. The molecule has 2 heterocycles. The van der Waals surface area contributed by atoms with Crippen LogP contribution in [-0.4, -0.2) is 31.7 Å². The minimum absolute atomic E-state index is 0.298. The predicted molar refractivity (Wildman–Crippen MR) is 129 cm³/mol. The van der Waals surface area contributed by atoms with Crippen molar-refractivity contribution in [2.45, 2.75) is 29.5 Å². The average Bonchev–Trinajstić information content (AvgIpc) is 3.35. The van der Waals surface area contributed by atoms with E-state index in [1.807, 2.05) is 23.6 Å². The predicted octanol–water partition coefficient (Wildman–Crippen LogP) is 6.01. The summed E-state index contributed by atoms with van der Waals surface area (Å²) >= 11 is 1.66. The first-order valence-corrected chi connectivity index (χ1v) is 13.1. The van der Waals surface area contributed by atoms with Crippen molar-refractivity contribution in [1.29, 1.82) is 0 Å². The van der Waals surface area contributed by atoms with E-state index in [2.05, 4.69) is 53.4 Å². The number of fused-ring (bicyclic) bond motifs is 1. The first-order chi connectivity index (χ1) is 15.1. The molecule has 158 valence electrons. The molecule has 31 heavy (non-hydrogen) atoms. The van der Waals surface area contributed by atoms with Gasteiger partial charge in [0.2, 0.25) is 0 Å². The van der Waals surface area contributed by atoms with E-state index in [1.165, 1.54) is 16.3 Å². The lowest BCUT2D eigenvalue weighted by atomic mass is 10.1. The van der Waals surface area contributed by atoms with Gasteiger partial charge in [-0.1, -0.05) is 54.6 Å². The van der Waals surface area contributed by atoms with Crippen LogP contribution in [0.5, 0.6) is 0 Å². The van der Waals surface area contributed by atoms with Crippen LogP contribution in [0.3, 0.4) is 0 Å². The Morgan fingerprint density at radius 3 is 2.29 bits per heavy atom. The van der Waals surface area contributed by atoms with E-state index in [9.17, 15) is 8.42 Å². The fourth-order valence-corrected chi connectivity index (χ4v) is 6.88. The highest BCUT2D eigenvalue weighted by atomic mass is 32.2. The minimum atomic E-state index is -3.30. The molecule has 0 saturated carbocycles. The quantitative estimate of drug-likeness (QED) is 0.376. The third-order valence-corrected chi connectivity index (χ3v) is 9.38. The number of hydrogen-bond donors (Lipinski definition) is 0. The molecule has 1 aliphatic heterocycles. The van der Waals surface area contributed by atoms with Crippen LogP contribution < -0.4 is 0 Å². The fraction of sp³-hybridized carbons (Fsp3) is 0.231. The molecule has 1 aliphatic rings. The molecular weight excluding hydrogens is 422 g/mol. The maximum absolute atomic E-state index is 13.2. The van der Waals surface area contributed by atoms with Crippen LogP contribution >= 0.6 is 11.3 Å². The van der Waals surface area contributed by atoms with Crippen LogP contribution in [0, 0.1) is 0 Å². The maximum Gasteiger partial charge on any atom is 0.181 e. The maximum atomic E-state index is 13.2. The van der Waals surface area contributed by atoms with E-state index in [1.54, 1.807) is 23.5 Å². The van der Waals surface area contributed by atoms with Crippen molar-refractivity contribution in [2.24, 2.45) is 0 Å². The van der Waals surface area contributed by atoms with Crippen LogP contribution in [-0.2, 0) is 16.4 Å². The van der Waals surface area contributed by atoms with Crippen LogP contribution in [0.2, 0.25) is 0 Å². The van der Waals surface area contributed by atoms with Gasteiger partial charge in [0, 0.05) is 11.4 Å². The molecule has 4 aromatic rings. The minimum Gasteiger partial charge on any atom is -0.299 e. The van der Waals surface area contributed by atoms with Crippen molar-refractivity contribution >= 4 is 31.9 Å². The van der Waals surface area contributed by atoms with Gasteiger partial charge in [0.05, 0.1) is 10.1 Å². The van der Waals surface area contributed by atoms with Crippen molar-refractivity contribution < 1.29 is 8.42 Å². The summed E-state index contributed by atoms with van der Waals surface area (Å²) in [6.45, 7) is 2.49. The van der Waals surface area contributed by atoms with E-state index >= 15 is 0 Å². The van der Waals surface area contributed by atoms with Gasteiger partial charge in [-0.25, -0.2) is 8.42 Å². The van der Waals surface area contributed by atoms with Crippen molar-refractivity contribution in [3.05, 3.63) is 89.8 Å². The van der Waals surface area contributed by atoms with Gasteiger partial charge in [-0.3, -0.25) is 4.90 Å². The van der Waals surface area contributed by atoms with E-state index in [0.717, 1.165) is 30.1 Å². The Labute approximate surface area is 187 Å². The van der Waals surface area contributed by atoms with Crippen LogP contribution in [0.1, 0.15) is 18.4 Å². The summed E-state index contributed by atoms with van der Waals surface area (Å²) in [5.74, 6) is 0. The number of thiophene rings is 1. The van der Waals surface area contributed by atoms with Crippen LogP contribution in [0.4, 0.5) is 0 Å². The molecule has 0 bridgehead atoms. The molecule has 5 heteroatoms. The summed E-state index contributed by atoms with van der Waals surface area (Å²) in [4.78, 5) is 3.97. The molecule has 1 saturated heterocycles. The zero-order valence-corrected chi connectivity index (χ0v) is 18.9. The summed E-state index contributed by atoms with van der Waals surface area (Å²) in [7, 11) is -3.30. The number of benzene rings is 3. The second-order valence-corrected chi connectivity index (χ2v) is 11.4. The first kappa shape index (κ1) is 20.4. The zero-order valence-electron chi connectivity index (χ0n) is 17.3. The lowest BCUT2D eigenvalue weighted by Gasteiger charge is -2.31. The van der Waals surface area contributed by atoms with Gasteiger partial charge >= 0.3 is 0 Å². The molecule has 0 radical (unpaired) electrons. The van der Waals surface area contributed by atoms with Crippen molar-refractivity contribution in [3.63, 3.8) is 0 Å².